The Bertz CT molecular complexity index is 628. The largest absolute Gasteiger partial charge is 0.382 e. The summed E-state index contributed by atoms with van der Waals surface area (Å²) in [5.74, 6) is 0.841. The third-order valence-electron chi connectivity index (χ3n) is 3.14. The SMILES string of the molecule is CCOCCCn1c(C(C)Cl)nc2ccc(C#N)cc21. The lowest BCUT2D eigenvalue weighted by Gasteiger charge is -2.10. The molecule has 0 radical (unpaired) electrons. The number of hydrogen-bond donors (Lipinski definition) is 0. The molecule has 2 rings (SSSR count). The number of halogens is 1. The second kappa shape index (κ2) is 6.74. The van der Waals surface area contributed by atoms with Crippen LogP contribution in [0, 0.1) is 11.3 Å². The Labute approximate surface area is 123 Å². The molecule has 0 N–H and O–H groups in total. The number of benzene rings is 1. The van der Waals surface area contributed by atoms with Gasteiger partial charge in [0, 0.05) is 19.8 Å². The van der Waals surface area contributed by atoms with Gasteiger partial charge in [0.1, 0.15) is 5.82 Å². The predicted octanol–water partition coefficient (Wildman–Crippen LogP) is 3.63. The monoisotopic (exact) mass is 291 g/mol. The number of hydrogen-bond acceptors (Lipinski definition) is 3. The summed E-state index contributed by atoms with van der Waals surface area (Å²) in [6.45, 7) is 6.12. The second-order valence-electron chi connectivity index (χ2n) is 4.60. The number of rotatable bonds is 6. The van der Waals surface area contributed by atoms with Crippen molar-refractivity contribution in [3.63, 3.8) is 0 Å². The second-order valence-corrected chi connectivity index (χ2v) is 5.26. The van der Waals surface area contributed by atoms with E-state index < -0.39 is 0 Å². The van der Waals surface area contributed by atoms with Crippen molar-refractivity contribution >= 4 is 22.6 Å². The Kier molecular flexibility index (Phi) is 4.99. The van der Waals surface area contributed by atoms with E-state index in [0.29, 0.717) is 12.2 Å². The highest BCUT2D eigenvalue weighted by molar-refractivity contribution is 6.20. The molecule has 0 aliphatic heterocycles. The molecule has 2 aromatic rings. The molecule has 106 valence electrons. The van der Waals surface area contributed by atoms with E-state index in [1.54, 1.807) is 6.07 Å². The number of imidazole rings is 1. The molecule has 1 atom stereocenters. The Morgan fingerprint density at radius 2 is 2.30 bits per heavy atom. The lowest BCUT2D eigenvalue weighted by Crippen LogP contribution is -2.07. The zero-order valence-corrected chi connectivity index (χ0v) is 12.5. The predicted molar refractivity (Wildman–Crippen MR) is 79.8 cm³/mol. The molecule has 1 unspecified atom stereocenters. The summed E-state index contributed by atoms with van der Waals surface area (Å²) in [6.07, 6.45) is 0.896. The number of nitrogens with zero attached hydrogens (tertiary/aromatic N) is 3. The molecule has 0 aliphatic carbocycles. The number of ether oxygens (including phenoxy) is 1. The van der Waals surface area contributed by atoms with E-state index >= 15 is 0 Å². The van der Waals surface area contributed by atoms with Gasteiger partial charge in [-0.1, -0.05) is 0 Å². The van der Waals surface area contributed by atoms with Crippen LogP contribution in [0.3, 0.4) is 0 Å². The summed E-state index contributed by atoms with van der Waals surface area (Å²) in [4.78, 5) is 4.57. The number of aryl methyl sites for hydroxylation is 1. The van der Waals surface area contributed by atoms with Crippen molar-refractivity contribution in [2.75, 3.05) is 13.2 Å². The molecule has 0 saturated heterocycles. The topological polar surface area (TPSA) is 50.8 Å². The molecule has 1 aromatic heterocycles. The molecule has 4 nitrogen and oxygen atoms in total. The van der Waals surface area contributed by atoms with Crippen LogP contribution in [0.2, 0.25) is 0 Å². The first-order chi connectivity index (χ1) is 9.67. The minimum absolute atomic E-state index is 0.167. The van der Waals surface area contributed by atoms with E-state index in [4.69, 9.17) is 21.6 Å². The van der Waals surface area contributed by atoms with E-state index in [1.165, 1.54) is 0 Å². The highest BCUT2D eigenvalue weighted by Crippen LogP contribution is 2.25. The van der Waals surface area contributed by atoms with Crippen molar-refractivity contribution in [1.29, 1.82) is 5.26 Å². The van der Waals surface area contributed by atoms with Crippen molar-refractivity contribution < 1.29 is 4.74 Å². The van der Waals surface area contributed by atoms with Crippen LogP contribution in [0.15, 0.2) is 18.2 Å². The molecule has 0 saturated carbocycles. The van der Waals surface area contributed by atoms with E-state index in [-0.39, 0.29) is 5.38 Å². The number of nitriles is 1. The van der Waals surface area contributed by atoms with Crippen molar-refractivity contribution in [2.45, 2.75) is 32.2 Å². The van der Waals surface area contributed by atoms with Crippen LogP contribution in [0.5, 0.6) is 0 Å². The van der Waals surface area contributed by atoms with E-state index in [1.807, 2.05) is 26.0 Å². The standard InChI is InChI=1S/C15H18ClN3O/c1-3-20-8-4-7-19-14-9-12(10-17)5-6-13(14)18-15(19)11(2)16/h5-6,9,11H,3-4,7-8H2,1-2H3. The fraction of sp³-hybridized carbons (Fsp3) is 0.467. The molecule has 0 amide bonds. The van der Waals surface area contributed by atoms with E-state index in [2.05, 4.69) is 15.6 Å². The van der Waals surface area contributed by atoms with Gasteiger partial charge < -0.3 is 9.30 Å². The van der Waals surface area contributed by atoms with Crippen LogP contribution in [0.4, 0.5) is 0 Å². The van der Waals surface area contributed by atoms with Crippen LogP contribution in [0.25, 0.3) is 11.0 Å². The lowest BCUT2D eigenvalue weighted by atomic mass is 10.2. The fourth-order valence-electron chi connectivity index (χ4n) is 2.22. The summed E-state index contributed by atoms with van der Waals surface area (Å²) in [5, 5.41) is 8.86. The van der Waals surface area contributed by atoms with Gasteiger partial charge in [0.05, 0.1) is 28.0 Å². The minimum Gasteiger partial charge on any atom is -0.382 e. The molecule has 20 heavy (non-hydrogen) atoms. The maximum absolute atomic E-state index is 9.02. The summed E-state index contributed by atoms with van der Waals surface area (Å²) in [7, 11) is 0. The van der Waals surface area contributed by atoms with Crippen molar-refractivity contribution in [3.05, 3.63) is 29.6 Å². The van der Waals surface area contributed by atoms with Crippen molar-refractivity contribution in [3.8, 4) is 6.07 Å². The van der Waals surface area contributed by atoms with Gasteiger partial charge in [-0.3, -0.25) is 0 Å². The van der Waals surface area contributed by atoms with Gasteiger partial charge >= 0.3 is 0 Å². The summed E-state index contributed by atoms with van der Waals surface area (Å²) in [6, 6.07) is 7.68. The summed E-state index contributed by atoms with van der Waals surface area (Å²) < 4.78 is 7.46. The smallest absolute Gasteiger partial charge is 0.127 e. The molecule has 0 bridgehead atoms. The molecule has 0 fully saturated rings. The van der Waals surface area contributed by atoms with Gasteiger partial charge in [-0.15, -0.1) is 11.6 Å². The average Bonchev–Trinajstić information content (AvgIpc) is 2.81. The van der Waals surface area contributed by atoms with Gasteiger partial charge in [0.25, 0.3) is 0 Å². The maximum Gasteiger partial charge on any atom is 0.127 e. The average molecular weight is 292 g/mol. The minimum atomic E-state index is -0.167. The molecule has 1 heterocycles. The first-order valence-corrected chi connectivity index (χ1v) is 7.23. The number of alkyl halides is 1. The van der Waals surface area contributed by atoms with Crippen LogP contribution in [-0.4, -0.2) is 22.8 Å². The summed E-state index contributed by atoms with van der Waals surface area (Å²) >= 11 is 6.21. The number of aromatic nitrogens is 2. The Balaban J connectivity index is 2.36. The van der Waals surface area contributed by atoms with Crippen molar-refractivity contribution in [1.82, 2.24) is 9.55 Å². The van der Waals surface area contributed by atoms with Crippen LogP contribution < -0.4 is 0 Å². The quantitative estimate of drug-likeness (QED) is 0.603. The highest BCUT2D eigenvalue weighted by Gasteiger charge is 2.15. The van der Waals surface area contributed by atoms with Crippen LogP contribution in [0.1, 0.15) is 37.0 Å². The van der Waals surface area contributed by atoms with Crippen molar-refractivity contribution in [2.24, 2.45) is 0 Å². The first kappa shape index (κ1) is 14.8. The zero-order valence-electron chi connectivity index (χ0n) is 11.8. The van der Waals surface area contributed by atoms with Gasteiger partial charge in [-0.2, -0.15) is 5.26 Å². The van der Waals surface area contributed by atoms with Crippen LogP contribution >= 0.6 is 11.6 Å². The highest BCUT2D eigenvalue weighted by atomic mass is 35.5. The maximum atomic E-state index is 9.02. The Morgan fingerprint density at radius 1 is 1.50 bits per heavy atom. The van der Waals surface area contributed by atoms with Gasteiger partial charge in [0.15, 0.2) is 0 Å². The third kappa shape index (κ3) is 3.12. The van der Waals surface area contributed by atoms with Gasteiger partial charge in [0.2, 0.25) is 0 Å². The van der Waals surface area contributed by atoms with E-state index in [0.717, 1.165) is 36.4 Å². The zero-order chi connectivity index (χ0) is 14.5. The number of fused-ring (bicyclic) bond motifs is 1. The normalized spacial score (nSPS) is 12.5. The summed E-state index contributed by atoms with van der Waals surface area (Å²) in [5.41, 5.74) is 2.48. The first-order valence-electron chi connectivity index (χ1n) is 6.79. The molecule has 0 aliphatic rings. The lowest BCUT2D eigenvalue weighted by molar-refractivity contribution is 0.141. The fourth-order valence-corrected chi connectivity index (χ4v) is 2.39. The van der Waals surface area contributed by atoms with Crippen LogP contribution in [-0.2, 0) is 11.3 Å². The molecular weight excluding hydrogens is 274 g/mol. The molecule has 0 spiro atoms. The molecule has 1 aromatic carbocycles. The Morgan fingerprint density at radius 3 is 2.95 bits per heavy atom. The Hall–Kier alpha value is -1.57. The van der Waals surface area contributed by atoms with E-state index in [9.17, 15) is 0 Å². The molecular formula is C15H18ClN3O. The third-order valence-corrected chi connectivity index (χ3v) is 3.33. The van der Waals surface area contributed by atoms with Gasteiger partial charge in [-0.25, -0.2) is 4.98 Å². The van der Waals surface area contributed by atoms with Gasteiger partial charge in [-0.05, 0) is 38.5 Å². The molecule has 5 heteroatoms.